The molecule has 3 atom stereocenters. The fraction of sp³-hybridized carbons (Fsp3) is 0.600. The second kappa shape index (κ2) is 5.55. The number of piperazine rings is 1. The number of hydrogen-bond donors (Lipinski definition) is 1. The summed E-state index contributed by atoms with van der Waals surface area (Å²) in [6, 6.07) is 3.25. The molecule has 0 spiro atoms. The Morgan fingerprint density at radius 2 is 1.74 bits per heavy atom. The largest absolute Gasteiger partial charge is 0.309 e. The molecule has 2 nitrogen and oxygen atoms in total. The van der Waals surface area contributed by atoms with Gasteiger partial charge in [0.2, 0.25) is 0 Å². The molecule has 4 heteroatoms. The van der Waals surface area contributed by atoms with Gasteiger partial charge in [-0.3, -0.25) is 4.90 Å². The zero-order chi connectivity index (χ0) is 14.2. The molecule has 0 radical (unpaired) electrons. The Morgan fingerprint density at radius 1 is 1.16 bits per heavy atom. The van der Waals surface area contributed by atoms with Crippen LogP contribution in [0.5, 0.6) is 0 Å². The molecule has 0 bridgehead atoms. The second-order valence-electron chi connectivity index (χ2n) is 5.72. The molecule has 3 unspecified atom stereocenters. The summed E-state index contributed by atoms with van der Waals surface area (Å²) in [5.41, 5.74) is 0.805. The Kier molecular flexibility index (Phi) is 4.21. The summed E-state index contributed by atoms with van der Waals surface area (Å²) in [5.74, 6) is -0.648. The first-order valence-electron chi connectivity index (χ1n) is 6.84. The number of halogens is 2. The molecule has 0 aromatic heterocycles. The standard InChI is InChI=1S/C15H22F2N2/c1-9-5-15(17)13(6-14(9)16)12(4)19-7-10(2)18-11(3)8-19/h5-6,10-12,18H,7-8H2,1-4H3. The van der Waals surface area contributed by atoms with Gasteiger partial charge >= 0.3 is 0 Å². The topological polar surface area (TPSA) is 15.3 Å². The molecule has 1 fully saturated rings. The van der Waals surface area contributed by atoms with Gasteiger partial charge < -0.3 is 5.32 Å². The molecule has 1 aromatic carbocycles. The molecule has 1 aromatic rings. The number of hydrogen-bond acceptors (Lipinski definition) is 2. The van der Waals surface area contributed by atoms with Gasteiger partial charge in [-0.1, -0.05) is 0 Å². The average Bonchev–Trinajstić information content (AvgIpc) is 2.31. The minimum atomic E-state index is -0.334. The monoisotopic (exact) mass is 268 g/mol. The van der Waals surface area contributed by atoms with Crippen molar-refractivity contribution in [3.05, 3.63) is 34.9 Å². The Balaban J connectivity index is 2.23. The van der Waals surface area contributed by atoms with Crippen LogP contribution in [0.1, 0.15) is 37.9 Å². The van der Waals surface area contributed by atoms with E-state index in [1.54, 1.807) is 6.92 Å². The van der Waals surface area contributed by atoms with Crippen molar-refractivity contribution in [2.45, 2.75) is 45.8 Å². The van der Waals surface area contributed by atoms with Crippen LogP contribution in [-0.2, 0) is 0 Å². The minimum absolute atomic E-state index is 0.109. The molecule has 0 aliphatic carbocycles. The third-order valence-corrected chi connectivity index (χ3v) is 3.86. The van der Waals surface area contributed by atoms with Crippen LogP contribution in [0.15, 0.2) is 12.1 Å². The fourth-order valence-corrected chi connectivity index (χ4v) is 2.86. The molecule has 0 amide bonds. The SMILES string of the molecule is Cc1cc(F)c(C(C)N2CC(C)NC(C)C2)cc1F. The van der Waals surface area contributed by atoms with Crippen molar-refractivity contribution in [3.8, 4) is 0 Å². The zero-order valence-corrected chi connectivity index (χ0v) is 12.0. The average molecular weight is 268 g/mol. The predicted molar refractivity (Wildman–Crippen MR) is 73.1 cm³/mol. The van der Waals surface area contributed by atoms with Crippen LogP contribution in [0.4, 0.5) is 8.78 Å². The van der Waals surface area contributed by atoms with Gasteiger partial charge in [0.1, 0.15) is 11.6 Å². The third-order valence-electron chi connectivity index (χ3n) is 3.86. The zero-order valence-electron chi connectivity index (χ0n) is 12.0. The highest BCUT2D eigenvalue weighted by Gasteiger charge is 2.27. The number of aryl methyl sites for hydroxylation is 1. The predicted octanol–water partition coefficient (Wildman–Crippen LogP) is 3.02. The van der Waals surface area contributed by atoms with E-state index >= 15 is 0 Å². The number of benzene rings is 1. The maximum atomic E-state index is 14.0. The maximum Gasteiger partial charge on any atom is 0.128 e. The van der Waals surface area contributed by atoms with Crippen molar-refractivity contribution >= 4 is 0 Å². The first-order chi connectivity index (χ1) is 8.88. The Bertz CT molecular complexity index is 452. The Hall–Kier alpha value is -1.00. The van der Waals surface area contributed by atoms with Crippen molar-refractivity contribution < 1.29 is 8.78 Å². The minimum Gasteiger partial charge on any atom is -0.309 e. The van der Waals surface area contributed by atoms with Crippen molar-refractivity contribution in [2.75, 3.05) is 13.1 Å². The lowest BCUT2D eigenvalue weighted by atomic mass is 10.0. The smallest absolute Gasteiger partial charge is 0.128 e. The normalized spacial score (nSPS) is 26.4. The summed E-state index contributed by atoms with van der Waals surface area (Å²) in [6.07, 6.45) is 0. The molecule has 1 aliphatic rings. The highest BCUT2D eigenvalue weighted by Crippen LogP contribution is 2.26. The number of nitrogens with zero attached hydrogens (tertiary/aromatic N) is 1. The highest BCUT2D eigenvalue weighted by molar-refractivity contribution is 5.27. The van der Waals surface area contributed by atoms with Crippen molar-refractivity contribution in [1.29, 1.82) is 0 Å². The molecular weight excluding hydrogens is 246 g/mol. The van der Waals surface area contributed by atoms with E-state index in [1.165, 1.54) is 12.1 Å². The van der Waals surface area contributed by atoms with Gasteiger partial charge in [-0.2, -0.15) is 0 Å². The second-order valence-corrected chi connectivity index (χ2v) is 5.72. The molecule has 106 valence electrons. The highest BCUT2D eigenvalue weighted by atomic mass is 19.1. The third kappa shape index (κ3) is 3.12. The van der Waals surface area contributed by atoms with Crippen molar-refractivity contribution in [1.82, 2.24) is 10.2 Å². The quantitative estimate of drug-likeness (QED) is 0.887. The summed E-state index contributed by atoms with van der Waals surface area (Å²) in [4.78, 5) is 2.21. The van der Waals surface area contributed by atoms with Crippen molar-refractivity contribution in [3.63, 3.8) is 0 Å². The van der Waals surface area contributed by atoms with E-state index < -0.39 is 0 Å². The molecule has 1 saturated heterocycles. The number of rotatable bonds is 2. The summed E-state index contributed by atoms with van der Waals surface area (Å²) in [5, 5.41) is 3.44. The van der Waals surface area contributed by atoms with Gasteiger partial charge in [0.15, 0.2) is 0 Å². The van der Waals surface area contributed by atoms with E-state index in [0.29, 0.717) is 23.2 Å². The molecule has 19 heavy (non-hydrogen) atoms. The van der Waals surface area contributed by atoms with E-state index in [-0.39, 0.29) is 17.7 Å². The van der Waals surface area contributed by atoms with Gasteiger partial charge in [0.25, 0.3) is 0 Å². The van der Waals surface area contributed by atoms with Gasteiger partial charge in [-0.25, -0.2) is 8.78 Å². The molecule has 1 aliphatic heterocycles. The Labute approximate surface area is 113 Å². The van der Waals surface area contributed by atoms with Gasteiger partial charge in [0.05, 0.1) is 0 Å². The van der Waals surface area contributed by atoms with Gasteiger partial charge in [-0.05, 0) is 45.4 Å². The fourth-order valence-electron chi connectivity index (χ4n) is 2.86. The van der Waals surface area contributed by atoms with Crippen LogP contribution >= 0.6 is 0 Å². The summed E-state index contributed by atoms with van der Waals surface area (Å²) < 4.78 is 27.7. The Morgan fingerprint density at radius 3 is 2.32 bits per heavy atom. The van der Waals surface area contributed by atoms with Crippen LogP contribution in [0, 0.1) is 18.6 Å². The van der Waals surface area contributed by atoms with E-state index in [9.17, 15) is 8.78 Å². The lowest BCUT2D eigenvalue weighted by Gasteiger charge is -2.40. The summed E-state index contributed by atoms with van der Waals surface area (Å²) in [6.45, 7) is 9.45. The summed E-state index contributed by atoms with van der Waals surface area (Å²) in [7, 11) is 0. The first-order valence-corrected chi connectivity index (χ1v) is 6.84. The first kappa shape index (κ1) is 14.4. The van der Waals surface area contributed by atoms with Crippen LogP contribution in [-0.4, -0.2) is 30.1 Å². The molecule has 2 rings (SSSR count). The lowest BCUT2D eigenvalue weighted by Crippen LogP contribution is -2.54. The van der Waals surface area contributed by atoms with Crippen LogP contribution in [0.2, 0.25) is 0 Å². The molecule has 1 N–H and O–H groups in total. The van der Waals surface area contributed by atoms with Gasteiger partial charge in [-0.15, -0.1) is 0 Å². The molecule has 0 saturated carbocycles. The maximum absolute atomic E-state index is 14.0. The molecular formula is C15H22F2N2. The van der Waals surface area contributed by atoms with Crippen LogP contribution in [0.3, 0.4) is 0 Å². The summed E-state index contributed by atoms with van der Waals surface area (Å²) >= 11 is 0. The van der Waals surface area contributed by atoms with E-state index in [1.807, 2.05) is 6.92 Å². The lowest BCUT2D eigenvalue weighted by molar-refractivity contribution is 0.129. The molecule has 1 heterocycles. The number of nitrogens with one attached hydrogen (secondary N) is 1. The van der Waals surface area contributed by atoms with E-state index in [0.717, 1.165) is 13.1 Å². The van der Waals surface area contributed by atoms with E-state index in [2.05, 4.69) is 24.1 Å². The van der Waals surface area contributed by atoms with Crippen LogP contribution in [0.25, 0.3) is 0 Å². The van der Waals surface area contributed by atoms with E-state index in [4.69, 9.17) is 0 Å². The van der Waals surface area contributed by atoms with Crippen LogP contribution < -0.4 is 5.32 Å². The van der Waals surface area contributed by atoms with Crippen molar-refractivity contribution in [2.24, 2.45) is 0 Å². The van der Waals surface area contributed by atoms with Gasteiger partial charge in [0, 0.05) is 36.8 Å².